The molecule has 0 aliphatic heterocycles. The predicted molar refractivity (Wildman–Crippen MR) is 87.2 cm³/mol. The number of anilines is 1. The summed E-state index contributed by atoms with van der Waals surface area (Å²) in [4.78, 5) is 30.2. The Kier molecular flexibility index (Phi) is 6.69. The molecule has 14 heteroatoms. The lowest BCUT2D eigenvalue weighted by Gasteiger charge is -2.13. The molecule has 1 amide bonds. The van der Waals surface area contributed by atoms with Crippen LogP contribution >= 0.6 is 0 Å². The largest absolute Gasteiger partial charge is 0.573 e. The standard InChI is InChI=1S/C16H12F6N4O4/c1-2-29-13(28)10-7-23-14(24-11(10)15(17,18)19)26-25-12(27)8-3-5-9(6-4-8)30-16(20,21)22/h3-7H,2H2,1H3,(H,25,27)(H,23,24,26). The number of nitrogens with one attached hydrogen (secondary N) is 2. The van der Waals surface area contributed by atoms with Crippen LogP contribution in [0.15, 0.2) is 30.5 Å². The Hall–Kier alpha value is -3.58. The molecule has 162 valence electrons. The number of carbonyl (C=O) groups is 2. The number of hydrazine groups is 1. The SMILES string of the molecule is CCOC(=O)c1cnc(NNC(=O)c2ccc(OC(F)(F)F)cc2)nc1C(F)(F)F. The normalized spacial score (nSPS) is 11.6. The van der Waals surface area contributed by atoms with E-state index in [1.54, 1.807) is 0 Å². The van der Waals surface area contributed by atoms with Gasteiger partial charge in [0.15, 0.2) is 5.69 Å². The highest BCUT2D eigenvalue weighted by molar-refractivity contribution is 5.95. The number of ether oxygens (including phenoxy) is 2. The van der Waals surface area contributed by atoms with Crippen LogP contribution in [0.1, 0.15) is 33.3 Å². The van der Waals surface area contributed by atoms with Crippen LogP contribution in [0.2, 0.25) is 0 Å². The number of hydrogen-bond acceptors (Lipinski definition) is 7. The summed E-state index contributed by atoms with van der Waals surface area (Å²) in [5.41, 5.74) is 1.36. The molecule has 0 saturated carbocycles. The van der Waals surface area contributed by atoms with Gasteiger partial charge in [-0.1, -0.05) is 0 Å². The van der Waals surface area contributed by atoms with Crippen LogP contribution < -0.4 is 15.6 Å². The van der Waals surface area contributed by atoms with E-state index in [2.05, 4.69) is 19.4 Å². The first-order valence-corrected chi connectivity index (χ1v) is 7.94. The average Bonchev–Trinajstić information content (AvgIpc) is 2.64. The third-order valence-electron chi connectivity index (χ3n) is 3.19. The maximum Gasteiger partial charge on any atom is 0.573 e. The number of alkyl halides is 6. The number of nitrogens with zero attached hydrogens (tertiary/aromatic N) is 2. The smallest absolute Gasteiger partial charge is 0.462 e. The van der Waals surface area contributed by atoms with Crippen LogP contribution in [0.5, 0.6) is 5.75 Å². The van der Waals surface area contributed by atoms with E-state index in [9.17, 15) is 35.9 Å². The quantitative estimate of drug-likeness (QED) is 0.405. The van der Waals surface area contributed by atoms with Gasteiger partial charge in [0.25, 0.3) is 5.91 Å². The topological polar surface area (TPSA) is 102 Å². The Labute approximate surface area is 164 Å². The third-order valence-corrected chi connectivity index (χ3v) is 3.19. The lowest BCUT2D eigenvalue weighted by molar-refractivity contribution is -0.274. The fraction of sp³-hybridized carbons (Fsp3) is 0.250. The first kappa shape index (κ1) is 22.7. The molecule has 0 unspecified atom stereocenters. The summed E-state index contributed by atoms with van der Waals surface area (Å²) < 4.78 is 83.9. The molecule has 0 fully saturated rings. The Bertz CT molecular complexity index is 915. The number of carbonyl (C=O) groups excluding carboxylic acids is 2. The zero-order valence-electron chi connectivity index (χ0n) is 14.9. The van der Waals surface area contributed by atoms with Crippen LogP contribution in [-0.4, -0.2) is 34.8 Å². The molecule has 2 rings (SSSR count). The van der Waals surface area contributed by atoms with Gasteiger partial charge in [-0.2, -0.15) is 13.2 Å². The van der Waals surface area contributed by atoms with E-state index in [-0.39, 0.29) is 12.2 Å². The van der Waals surface area contributed by atoms with Gasteiger partial charge >= 0.3 is 18.5 Å². The van der Waals surface area contributed by atoms with Crippen LogP contribution in [-0.2, 0) is 10.9 Å². The summed E-state index contributed by atoms with van der Waals surface area (Å²) in [5, 5.41) is 0. The molecule has 2 N–H and O–H groups in total. The molecule has 0 radical (unpaired) electrons. The lowest BCUT2D eigenvalue weighted by atomic mass is 10.2. The first-order valence-electron chi connectivity index (χ1n) is 7.94. The molecule has 1 aromatic carbocycles. The number of esters is 1. The molecule has 2 aromatic rings. The summed E-state index contributed by atoms with van der Waals surface area (Å²) in [6.45, 7) is 1.23. The van der Waals surface area contributed by atoms with E-state index >= 15 is 0 Å². The van der Waals surface area contributed by atoms with Crippen molar-refractivity contribution in [2.75, 3.05) is 12.0 Å². The van der Waals surface area contributed by atoms with Crippen molar-refractivity contribution in [2.24, 2.45) is 0 Å². The second-order valence-electron chi connectivity index (χ2n) is 5.33. The second kappa shape index (κ2) is 8.84. The summed E-state index contributed by atoms with van der Waals surface area (Å²) in [6, 6.07) is 3.72. The average molecular weight is 438 g/mol. The number of amides is 1. The van der Waals surface area contributed by atoms with Gasteiger partial charge in [0.05, 0.1) is 6.61 Å². The molecular weight excluding hydrogens is 426 g/mol. The van der Waals surface area contributed by atoms with Crippen molar-refractivity contribution in [1.29, 1.82) is 0 Å². The molecule has 8 nitrogen and oxygen atoms in total. The molecule has 0 atom stereocenters. The third kappa shape index (κ3) is 6.22. The summed E-state index contributed by atoms with van der Waals surface area (Å²) in [5.74, 6) is -3.46. The van der Waals surface area contributed by atoms with Crippen LogP contribution in [0, 0.1) is 0 Å². The molecule has 0 bridgehead atoms. The summed E-state index contributed by atoms with van der Waals surface area (Å²) >= 11 is 0. The number of hydrogen-bond donors (Lipinski definition) is 2. The van der Waals surface area contributed by atoms with E-state index in [4.69, 9.17) is 0 Å². The minimum Gasteiger partial charge on any atom is -0.462 e. The number of halogens is 6. The fourth-order valence-electron chi connectivity index (χ4n) is 2.01. The second-order valence-corrected chi connectivity index (χ2v) is 5.33. The molecule has 0 aliphatic rings. The van der Waals surface area contributed by atoms with Gasteiger partial charge in [-0.05, 0) is 31.2 Å². The molecular formula is C16H12F6N4O4. The molecule has 1 heterocycles. The Morgan fingerprint density at radius 2 is 1.70 bits per heavy atom. The maximum atomic E-state index is 13.1. The first-order chi connectivity index (χ1) is 13.9. The molecule has 0 saturated heterocycles. The van der Waals surface area contributed by atoms with Crippen molar-refractivity contribution in [3.05, 3.63) is 47.3 Å². The van der Waals surface area contributed by atoms with Crippen LogP contribution in [0.25, 0.3) is 0 Å². The minimum absolute atomic E-state index is 0.142. The number of benzene rings is 1. The van der Waals surface area contributed by atoms with Gasteiger partial charge in [0.2, 0.25) is 5.95 Å². The van der Waals surface area contributed by atoms with E-state index < -0.39 is 47.4 Å². The van der Waals surface area contributed by atoms with Gasteiger partial charge in [-0.3, -0.25) is 15.6 Å². The van der Waals surface area contributed by atoms with Crippen molar-refractivity contribution in [2.45, 2.75) is 19.5 Å². The van der Waals surface area contributed by atoms with Crippen LogP contribution in [0.3, 0.4) is 0 Å². The molecule has 0 aliphatic carbocycles. The van der Waals surface area contributed by atoms with Gasteiger partial charge < -0.3 is 9.47 Å². The van der Waals surface area contributed by atoms with E-state index in [0.717, 1.165) is 24.3 Å². The summed E-state index contributed by atoms with van der Waals surface area (Å²) in [6.07, 6.45) is -9.35. The Morgan fingerprint density at radius 1 is 1.07 bits per heavy atom. The highest BCUT2D eigenvalue weighted by atomic mass is 19.4. The van der Waals surface area contributed by atoms with Crippen LogP contribution in [0.4, 0.5) is 32.3 Å². The maximum absolute atomic E-state index is 13.1. The van der Waals surface area contributed by atoms with E-state index in [1.165, 1.54) is 6.92 Å². The monoisotopic (exact) mass is 438 g/mol. The van der Waals surface area contributed by atoms with E-state index in [0.29, 0.717) is 6.20 Å². The molecule has 1 aromatic heterocycles. The van der Waals surface area contributed by atoms with Gasteiger partial charge in [0, 0.05) is 11.8 Å². The predicted octanol–water partition coefficient (Wildman–Crippen LogP) is 3.33. The van der Waals surface area contributed by atoms with Crippen molar-refractivity contribution >= 4 is 17.8 Å². The van der Waals surface area contributed by atoms with Crippen molar-refractivity contribution in [3.8, 4) is 5.75 Å². The van der Waals surface area contributed by atoms with Crippen molar-refractivity contribution in [1.82, 2.24) is 15.4 Å². The molecule has 0 spiro atoms. The van der Waals surface area contributed by atoms with Crippen molar-refractivity contribution in [3.63, 3.8) is 0 Å². The van der Waals surface area contributed by atoms with E-state index in [1.807, 2.05) is 10.9 Å². The molecule has 30 heavy (non-hydrogen) atoms. The Balaban J connectivity index is 2.11. The number of rotatable bonds is 6. The highest BCUT2D eigenvalue weighted by Crippen LogP contribution is 2.31. The Morgan fingerprint density at radius 3 is 2.23 bits per heavy atom. The number of aromatic nitrogens is 2. The van der Waals surface area contributed by atoms with Gasteiger partial charge in [-0.25, -0.2) is 14.8 Å². The summed E-state index contributed by atoms with van der Waals surface area (Å²) in [7, 11) is 0. The zero-order chi connectivity index (χ0) is 22.5. The van der Waals surface area contributed by atoms with Gasteiger partial charge in [0.1, 0.15) is 11.3 Å². The fourth-order valence-corrected chi connectivity index (χ4v) is 2.01. The highest BCUT2D eigenvalue weighted by Gasteiger charge is 2.38. The van der Waals surface area contributed by atoms with Crippen molar-refractivity contribution < 1.29 is 45.4 Å². The minimum atomic E-state index is -5.01. The lowest BCUT2D eigenvalue weighted by Crippen LogP contribution is -2.31. The van der Waals surface area contributed by atoms with Gasteiger partial charge in [-0.15, -0.1) is 13.2 Å². The zero-order valence-corrected chi connectivity index (χ0v) is 14.9.